The molecule has 2 aliphatic rings. The van der Waals surface area contributed by atoms with Crippen LogP contribution in [0.2, 0.25) is 5.02 Å². The quantitative estimate of drug-likeness (QED) is 0.390. The molecule has 1 aromatic carbocycles. The molecular weight excluding hydrogens is 552 g/mol. The number of rotatable bonds is 8. The van der Waals surface area contributed by atoms with Gasteiger partial charge in [-0.3, -0.25) is 14.6 Å². The molecular formula is C25H31ClN4O4S3. The van der Waals surface area contributed by atoms with E-state index >= 15 is 0 Å². The number of morpholine rings is 1. The van der Waals surface area contributed by atoms with Crippen LogP contribution in [-0.2, 0) is 19.6 Å². The first-order chi connectivity index (χ1) is 17.8. The number of amides is 1. The summed E-state index contributed by atoms with van der Waals surface area (Å²) in [5.41, 5.74) is 1.85. The molecule has 200 valence electrons. The first-order valence-electron chi connectivity index (χ1n) is 12.5. The summed E-state index contributed by atoms with van der Waals surface area (Å²) in [6.45, 7) is 7.41. The van der Waals surface area contributed by atoms with Gasteiger partial charge >= 0.3 is 0 Å². The van der Waals surface area contributed by atoms with E-state index in [4.69, 9.17) is 21.3 Å². The number of halogens is 1. The molecule has 0 aliphatic carbocycles. The fourth-order valence-corrected chi connectivity index (χ4v) is 9.00. The Morgan fingerprint density at radius 3 is 2.68 bits per heavy atom. The van der Waals surface area contributed by atoms with E-state index in [0.29, 0.717) is 46.8 Å². The standard InChI is InChI=1S/C25H31ClN4O4S3/c1-18-16-20(26)17-21-23(18)27-25(36-21)30(8-3-7-28-11-13-34-14-12-28)24(31)19-5-9-29(10-6-19)37(32,33)22-4-2-15-35-22/h2,4,15-17,19H,3,5-14H2,1H3. The third-order valence-electron chi connectivity index (χ3n) is 6.99. The van der Waals surface area contributed by atoms with Gasteiger partial charge in [0.05, 0.1) is 23.4 Å². The molecule has 0 N–H and O–H groups in total. The maximum absolute atomic E-state index is 13.9. The van der Waals surface area contributed by atoms with Crippen LogP contribution in [0, 0.1) is 12.8 Å². The fourth-order valence-electron chi connectivity index (χ4n) is 4.94. The van der Waals surface area contributed by atoms with Gasteiger partial charge in [-0.2, -0.15) is 4.31 Å². The molecule has 1 amide bonds. The van der Waals surface area contributed by atoms with Crippen LogP contribution >= 0.6 is 34.3 Å². The molecule has 5 rings (SSSR count). The summed E-state index contributed by atoms with van der Waals surface area (Å²) in [5, 5.41) is 3.11. The number of carbonyl (C=O) groups excluding carboxylic acids is 1. The minimum absolute atomic E-state index is 0.0259. The minimum atomic E-state index is -3.50. The lowest BCUT2D eigenvalue weighted by Gasteiger charge is -2.33. The van der Waals surface area contributed by atoms with Crippen LogP contribution < -0.4 is 4.90 Å². The van der Waals surface area contributed by atoms with Crippen molar-refractivity contribution in [3.05, 3.63) is 40.2 Å². The number of thiazole rings is 1. The molecule has 0 atom stereocenters. The number of piperidine rings is 1. The Hall–Kier alpha value is -1.60. The monoisotopic (exact) mass is 582 g/mol. The van der Waals surface area contributed by atoms with Crippen molar-refractivity contribution in [2.75, 3.05) is 57.4 Å². The van der Waals surface area contributed by atoms with Crippen molar-refractivity contribution in [1.29, 1.82) is 0 Å². The second kappa shape index (κ2) is 11.6. The third-order valence-corrected chi connectivity index (χ3v) is 11.5. The predicted molar refractivity (Wildman–Crippen MR) is 149 cm³/mol. The van der Waals surface area contributed by atoms with Crippen LogP contribution in [0.3, 0.4) is 0 Å². The average molecular weight is 583 g/mol. The van der Waals surface area contributed by atoms with Crippen molar-refractivity contribution >= 4 is 65.6 Å². The number of anilines is 1. The van der Waals surface area contributed by atoms with Crippen molar-refractivity contribution < 1.29 is 17.9 Å². The van der Waals surface area contributed by atoms with Crippen molar-refractivity contribution in [2.45, 2.75) is 30.4 Å². The highest BCUT2D eigenvalue weighted by molar-refractivity contribution is 7.91. The molecule has 2 aliphatic heterocycles. The number of benzene rings is 1. The van der Waals surface area contributed by atoms with Gasteiger partial charge < -0.3 is 4.74 Å². The molecule has 0 bridgehead atoms. The van der Waals surface area contributed by atoms with Gasteiger partial charge in [-0.15, -0.1) is 11.3 Å². The Morgan fingerprint density at radius 2 is 1.97 bits per heavy atom. The van der Waals surface area contributed by atoms with Crippen molar-refractivity contribution in [2.24, 2.45) is 5.92 Å². The summed E-state index contributed by atoms with van der Waals surface area (Å²) in [4.78, 5) is 22.9. The normalized spacial score (nSPS) is 18.4. The number of aromatic nitrogens is 1. The van der Waals surface area contributed by atoms with Crippen LogP contribution in [0.1, 0.15) is 24.8 Å². The zero-order valence-corrected chi connectivity index (χ0v) is 24.0. The molecule has 37 heavy (non-hydrogen) atoms. The Bertz CT molecular complexity index is 1330. The number of sulfonamides is 1. The summed E-state index contributed by atoms with van der Waals surface area (Å²) < 4.78 is 34.2. The molecule has 0 radical (unpaired) electrons. The number of carbonyl (C=O) groups is 1. The molecule has 2 fully saturated rings. The Morgan fingerprint density at radius 1 is 1.22 bits per heavy atom. The minimum Gasteiger partial charge on any atom is -0.379 e. The van der Waals surface area contributed by atoms with Gasteiger partial charge in [-0.25, -0.2) is 13.4 Å². The van der Waals surface area contributed by atoms with Crippen LogP contribution in [-0.4, -0.2) is 81.0 Å². The van der Waals surface area contributed by atoms with E-state index < -0.39 is 10.0 Å². The van der Waals surface area contributed by atoms with E-state index in [9.17, 15) is 13.2 Å². The second-order valence-electron chi connectivity index (χ2n) is 9.47. The molecule has 4 heterocycles. The highest BCUT2D eigenvalue weighted by Crippen LogP contribution is 2.35. The summed E-state index contributed by atoms with van der Waals surface area (Å²) >= 11 is 8.99. The lowest BCUT2D eigenvalue weighted by atomic mass is 9.96. The molecule has 2 saturated heterocycles. The lowest BCUT2D eigenvalue weighted by Crippen LogP contribution is -2.45. The average Bonchev–Trinajstić information content (AvgIpc) is 3.58. The first-order valence-corrected chi connectivity index (χ1v) is 16.1. The van der Waals surface area contributed by atoms with Gasteiger partial charge in [0.15, 0.2) is 5.13 Å². The third kappa shape index (κ3) is 6.03. The van der Waals surface area contributed by atoms with Gasteiger partial charge in [0.2, 0.25) is 5.91 Å². The highest BCUT2D eigenvalue weighted by atomic mass is 35.5. The highest BCUT2D eigenvalue weighted by Gasteiger charge is 2.35. The van der Waals surface area contributed by atoms with Gasteiger partial charge in [0, 0.05) is 50.2 Å². The lowest BCUT2D eigenvalue weighted by molar-refractivity contribution is -0.123. The number of aryl methyl sites for hydroxylation is 1. The molecule has 0 spiro atoms. The van der Waals surface area contributed by atoms with Gasteiger partial charge in [0.25, 0.3) is 10.0 Å². The number of fused-ring (bicyclic) bond motifs is 1. The second-order valence-corrected chi connectivity index (χ2v) is 14.0. The summed E-state index contributed by atoms with van der Waals surface area (Å²) in [5.74, 6) is -0.215. The summed E-state index contributed by atoms with van der Waals surface area (Å²) in [7, 11) is -3.50. The van der Waals surface area contributed by atoms with Crippen LogP contribution in [0.25, 0.3) is 10.2 Å². The molecule has 0 saturated carbocycles. The SMILES string of the molecule is Cc1cc(Cl)cc2sc(N(CCCN3CCOCC3)C(=O)C3CCN(S(=O)(=O)c4cccs4)CC3)nc12. The number of hydrogen-bond donors (Lipinski definition) is 0. The van der Waals surface area contributed by atoms with E-state index in [1.54, 1.807) is 17.5 Å². The van der Waals surface area contributed by atoms with Gasteiger partial charge in [0.1, 0.15) is 4.21 Å². The van der Waals surface area contributed by atoms with E-state index in [2.05, 4.69) is 4.90 Å². The number of hydrogen-bond acceptors (Lipinski definition) is 8. The number of thiophene rings is 1. The van der Waals surface area contributed by atoms with Gasteiger partial charge in [-0.1, -0.05) is 29.0 Å². The Labute approximate surface area is 230 Å². The molecule has 0 unspecified atom stereocenters. The number of ether oxygens (including phenoxy) is 1. The topological polar surface area (TPSA) is 83.0 Å². The molecule has 8 nitrogen and oxygen atoms in total. The first kappa shape index (κ1) is 27.0. The summed E-state index contributed by atoms with van der Waals surface area (Å²) in [6, 6.07) is 7.17. The van der Waals surface area contributed by atoms with Crippen molar-refractivity contribution in [3.63, 3.8) is 0 Å². The van der Waals surface area contributed by atoms with E-state index in [1.165, 1.54) is 27.0 Å². The molecule has 12 heteroatoms. The number of nitrogens with zero attached hydrogens (tertiary/aromatic N) is 4. The maximum Gasteiger partial charge on any atom is 0.252 e. The van der Waals surface area contributed by atoms with Crippen LogP contribution in [0.15, 0.2) is 33.9 Å². The maximum atomic E-state index is 13.9. The predicted octanol–water partition coefficient (Wildman–Crippen LogP) is 4.48. The van der Waals surface area contributed by atoms with Crippen LogP contribution in [0.4, 0.5) is 5.13 Å². The van der Waals surface area contributed by atoms with E-state index in [0.717, 1.165) is 55.0 Å². The summed E-state index contributed by atoms with van der Waals surface area (Å²) in [6.07, 6.45) is 1.82. The fraction of sp³-hybridized carbons (Fsp3) is 0.520. The van der Waals surface area contributed by atoms with Crippen molar-refractivity contribution in [3.8, 4) is 0 Å². The van der Waals surface area contributed by atoms with E-state index in [1.807, 2.05) is 24.0 Å². The smallest absolute Gasteiger partial charge is 0.252 e. The van der Waals surface area contributed by atoms with Gasteiger partial charge in [-0.05, 0) is 55.3 Å². The van der Waals surface area contributed by atoms with Crippen LogP contribution in [0.5, 0.6) is 0 Å². The molecule has 3 aromatic rings. The largest absolute Gasteiger partial charge is 0.379 e. The zero-order valence-electron chi connectivity index (χ0n) is 20.8. The molecule has 2 aromatic heterocycles. The van der Waals surface area contributed by atoms with E-state index in [-0.39, 0.29) is 11.8 Å². The van der Waals surface area contributed by atoms with Crippen molar-refractivity contribution in [1.82, 2.24) is 14.2 Å². The zero-order chi connectivity index (χ0) is 26.0. The Kier molecular flexibility index (Phi) is 8.49. The Balaban J connectivity index is 1.32.